The summed E-state index contributed by atoms with van der Waals surface area (Å²) < 4.78 is 36.5. The molecule has 6 fully saturated rings. The summed E-state index contributed by atoms with van der Waals surface area (Å²) in [5, 5.41) is 19.5. The van der Waals surface area contributed by atoms with Crippen LogP contribution in [0.2, 0.25) is 6.32 Å². The Labute approximate surface area is 305 Å². The molecule has 2 bridgehead atoms. The fourth-order valence-corrected chi connectivity index (χ4v) is 8.59. The zero-order valence-corrected chi connectivity index (χ0v) is 31.7. The second kappa shape index (κ2) is 13.4. The van der Waals surface area contributed by atoms with Gasteiger partial charge in [0.15, 0.2) is 5.75 Å². The summed E-state index contributed by atoms with van der Waals surface area (Å²) in [6.45, 7) is 17.1. The highest BCUT2D eigenvalue weighted by Gasteiger charge is 2.67. The number of carbonyl (C=O) groups is 4. The number of aryl methyl sites for hydroxylation is 1. The van der Waals surface area contributed by atoms with Gasteiger partial charge in [0.1, 0.15) is 34.7 Å². The molecule has 0 aromatic heterocycles. The first-order valence-corrected chi connectivity index (χ1v) is 18.3. The van der Waals surface area contributed by atoms with Gasteiger partial charge in [-0.25, -0.2) is 14.4 Å². The molecule has 52 heavy (non-hydrogen) atoms. The number of hydrogen-bond donors (Lipinski definition) is 2. The number of aliphatic hydroxyl groups excluding tert-OH is 1. The normalized spacial score (nSPS) is 29.5. The largest absolute Gasteiger partial charge is 0.514 e. The van der Waals surface area contributed by atoms with E-state index < -0.39 is 60.7 Å². The number of β-amino-alcohol motifs (C(OH)–C–C–N with tert-alkyl or cyclic N) is 1. The summed E-state index contributed by atoms with van der Waals surface area (Å²) in [7, 11) is -0.489. The number of nitrogens with zero attached hydrogens (tertiary/aromatic N) is 2. The monoisotopic (exact) mass is 728 g/mol. The van der Waals surface area contributed by atoms with Gasteiger partial charge in [0, 0.05) is 6.42 Å². The minimum absolute atomic E-state index is 0.000260. The van der Waals surface area contributed by atoms with Crippen LogP contribution in [0.4, 0.5) is 9.59 Å². The molecule has 286 valence electrons. The van der Waals surface area contributed by atoms with Crippen LogP contribution in [0.15, 0.2) is 12.1 Å². The number of carboxylic acid groups (broad SMARTS) is 1. The van der Waals surface area contributed by atoms with E-state index in [0.717, 1.165) is 17.7 Å². The van der Waals surface area contributed by atoms with E-state index in [4.69, 9.17) is 28.3 Å². The van der Waals surface area contributed by atoms with Crippen molar-refractivity contribution in [3.05, 3.63) is 23.3 Å². The highest BCUT2D eigenvalue weighted by atomic mass is 16.7. The van der Waals surface area contributed by atoms with E-state index in [0.29, 0.717) is 30.1 Å². The van der Waals surface area contributed by atoms with Crippen molar-refractivity contribution in [2.24, 2.45) is 17.3 Å². The lowest BCUT2D eigenvalue weighted by Crippen LogP contribution is -2.65. The lowest BCUT2D eigenvalue weighted by molar-refractivity contribution is -0.199. The Balaban J connectivity index is 1.24. The van der Waals surface area contributed by atoms with Gasteiger partial charge in [0.05, 0.1) is 37.4 Å². The third kappa shape index (κ3) is 7.45. The number of hydrogen-bond acceptors (Lipinski definition) is 11. The Morgan fingerprint density at radius 1 is 0.962 bits per heavy atom. The molecular weight excluding hydrogens is 675 g/mol. The van der Waals surface area contributed by atoms with Crippen LogP contribution >= 0.6 is 0 Å². The molecule has 6 atom stereocenters. The van der Waals surface area contributed by atoms with Crippen molar-refractivity contribution < 1.29 is 57.6 Å². The number of benzene rings is 1. The fourth-order valence-electron chi connectivity index (χ4n) is 8.59. The smallest absolute Gasteiger partial charge is 0.486 e. The third-order valence-electron chi connectivity index (χ3n) is 11.3. The average Bonchev–Trinajstić information content (AvgIpc) is 3.55. The van der Waals surface area contributed by atoms with Gasteiger partial charge in [-0.15, -0.1) is 0 Å². The molecule has 3 aliphatic carbocycles. The van der Waals surface area contributed by atoms with Gasteiger partial charge in [0.25, 0.3) is 0 Å². The van der Waals surface area contributed by atoms with Gasteiger partial charge in [-0.3, -0.25) is 9.69 Å². The molecular formula is C37H53BN2O12. The standard InChI is InChI=1S/C37H53BN2O12/c1-34(2,3)49-31(43)28-25(47-23-18-39(19-23)30(42)24-16-22(41)17-40(24)32(44)45)11-10-20(29(28)48-33(46)50-35(4,5)6)12-13-38-51-27-15-21-14-26(36(21,7)8)37(27,9)52-38/h10-11,21-24,26-27,41H,12-19H2,1-9H3,(H,44,45)/t21-,22+,24?,26-,27+,37-/m0/s1. The molecule has 1 aromatic carbocycles. The van der Waals surface area contributed by atoms with Crippen LogP contribution in [-0.4, -0.2) is 112 Å². The lowest BCUT2D eigenvalue weighted by atomic mass is 9.43. The number of carbonyl (C=O) groups excluding carboxylic acids is 3. The predicted octanol–water partition coefficient (Wildman–Crippen LogP) is 4.93. The first-order chi connectivity index (χ1) is 24.1. The van der Waals surface area contributed by atoms with Crippen molar-refractivity contribution in [1.29, 1.82) is 0 Å². The molecule has 15 heteroatoms. The van der Waals surface area contributed by atoms with Gasteiger partial charge >= 0.3 is 25.3 Å². The maximum Gasteiger partial charge on any atom is 0.514 e. The summed E-state index contributed by atoms with van der Waals surface area (Å²) in [6, 6.07) is 2.35. The average molecular weight is 729 g/mol. The topological polar surface area (TPSA) is 171 Å². The Morgan fingerprint density at radius 3 is 2.25 bits per heavy atom. The van der Waals surface area contributed by atoms with E-state index in [2.05, 4.69) is 20.8 Å². The minimum Gasteiger partial charge on any atom is -0.486 e. The second-order valence-corrected chi connectivity index (χ2v) is 17.8. The maximum absolute atomic E-state index is 13.9. The van der Waals surface area contributed by atoms with E-state index in [1.54, 1.807) is 53.7 Å². The molecule has 6 aliphatic rings. The number of rotatable bonds is 8. The molecule has 0 radical (unpaired) electrons. The summed E-state index contributed by atoms with van der Waals surface area (Å²) in [5.41, 5.74) is -1.55. The van der Waals surface area contributed by atoms with E-state index in [9.17, 15) is 29.4 Å². The highest BCUT2D eigenvalue weighted by Crippen LogP contribution is 2.65. The molecule has 2 N–H and O–H groups in total. The molecule has 0 spiro atoms. The molecule has 14 nitrogen and oxygen atoms in total. The Morgan fingerprint density at radius 2 is 1.63 bits per heavy atom. The van der Waals surface area contributed by atoms with Crippen LogP contribution in [0.3, 0.4) is 0 Å². The number of ether oxygens (including phenoxy) is 4. The number of esters is 1. The number of aliphatic hydroxyl groups is 1. The first kappa shape index (κ1) is 38.2. The zero-order chi connectivity index (χ0) is 38.1. The molecule has 7 rings (SSSR count). The van der Waals surface area contributed by atoms with E-state index >= 15 is 0 Å². The van der Waals surface area contributed by atoms with Gasteiger partial charge in [0.2, 0.25) is 5.91 Å². The Hall–Kier alpha value is -3.56. The van der Waals surface area contributed by atoms with Crippen molar-refractivity contribution in [3.63, 3.8) is 0 Å². The fraction of sp³-hybridized carbons (Fsp3) is 0.730. The zero-order valence-electron chi connectivity index (χ0n) is 31.7. The first-order valence-electron chi connectivity index (χ1n) is 18.3. The summed E-state index contributed by atoms with van der Waals surface area (Å²) in [4.78, 5) is 54.3. The predicted molar refractivity (Wildman–Crippen MR) is 187 cm³/mol. The Bertz CT molecular complexity index is 1600. The van der Waals surface area contributed by atoms with E-state index in [1.807, 2.05) is 0 Å². The van der Waals surface area contributed by atoms with Crippen LogP contribution in [0.25, 0.3) is 0 Å². The van der Waals surface area contributed by atoms with Crippen molar-refractivity contribution in [1.82, 2.24) is 9.80 Å². The Kier molecular flexibility index (Phi) is 9.83. The molecule has 3 saturated carbocycles. The lowest BCUT2D eigenvalue weighted by Gasteiger charge is -2.64. The van der Waals surface area contributed by atoms with Crippen molar-refractivity contribution in [3.8, 4) is 11.5 Å². The third-order valence-corrected chi connectivity index (χ3v) is 11.3. The SMILES string of the molecule is CC(C)(C)OC(=O)Oc1c(CCB2O[C@@H]3C[C@@H]4C[C@@H](C4(C)C)[C@]3(C)O2)ccc(OC2CN(C(=O)C3C[C@@H](O)CN3C(=O)O)C2)c1C(=O)OC(C)(C)C. The molecule has 1 unspecified atom stereocenters. The van der Waals surface area contributed by atoms with Crippen LogP contribution in [0.5, 0.6) is 11.5 Å². The summed E-state index contributed by atoms with van der Waals surface area (Å²) in [5.74, 6) is -0.177. The van der Waals surface area contributed by atoms with Crippen molar-refractivity contribution in [2.75, 3.05) is 19.6 Å². The van der Waals surface area contributed by atoms with Gasteiger partial charge in [-0.05, 0) is 103 Å². The number of likely N-dealkylation sites (tertiary alicyclic amines) is 2. The minimum atomic E-state index is -1.28. The van der Waals surface area contributed by atoms with E-state index in [1.165, 1.54) is 4.90 Å². The van der Waals surface area contributed by atoms with Gasteiger partial charge in [-0.2, -0.15) is 0 Å². The molecule has 2 amide bonds. The van der Waals surface area contributed by atoms with Crippen LogP contribution < -0.4 is 9.47 Å². The van der Waals surface area contributed by atoms with Gasteiger partial charge < -0.3 is 43.4 Å². The van der Waals surface area contributed by atoms with E-state index in [-0.39, 0.29) is 60.2 Å². The maximum atomic E-state index is 13.9. The number of amides is 2. The van der Waals surface area contributed by atoms with Crippen molar-refractivity contribution in [2.45, 2.75) is 135 Å². The molecule has 3 saturated heterocycles. The van der Waals surface area contributed by atoms with Crippen molar-refractivity contribution >= 4 is 31.2 Å². The molecule has 3 aliphatic heterocycles. The highest BCUT2D eigenvalue weighted by molar-refractivity contribution is 6.45. The molecule has 3 heterocycles. The molecule has 1 aromatic rings. The van der Waals surface area contributed by atoms with Crippen LogP contribution in [0.1, 0.15) is 97.5 Å². The second-order valence-electron chi connectivity index (χ2n) is 17.8. The summed E-state index contributed by atoms with van der Waals surface area (Å²) in [6.07, 6.45) is -0.912. The van der Waals surface area contributed by atoms with Gasteiger partial charge in [-0.1, -0.05) is 19.9 Å². The van der Waals surface area contributed by atoms with Crippen LogP contribution in [-0.2, 0) is 30.0 Å². The van der Waals surface area contributed by atoms with Crippen LogP contribution in [0, 0.1) is 17.3 Å². The quantitative estimate of drug-likeness (QED) is 0.211. The summed E-state index contributed by atoms with van der Waals surface area (Å²) >= 11 is 0.